The summed E-state index contributed by atoms with van der Waals surface area (Å²) < 4.78 is 4.72. The first kappa shape index (κ1) is 5.41. The summed E-state index contributed by atoms with van der Waals surface area (Å²) >= 11 is 0. The van der Waals surface area contributed by atoms with Gasteiger partial charge in [0, 0.05) is 0 Å². The quantitative estimate of drug-likeness (QED) is 0.439. The minimum Gasteiger partial charge on any atom is -0.362 e. The summed E-state index contributed by atoms with van der Waals surface area (Å²) in [5.74, 6) is 0.697. The second-order valence-electron chi connectivity index (χ2n) is 1.74. The number of aryl methyl sites for hydroxylation is 2. The summed E-state index contributed by atoms with van der Waals surface area (Å²) in [5.41, 5.74) is 1.42. The van der Waals surface area contributed by atoms with Crippen LogP contribution in [0.25, 0.3) is 0 Å². The fraction of sp³-hybridized carbons (Fsp3) is 0.400. The van der Waals surface area contributed by atoms with Crippen LogP contribution in [-0.4, -0.2) is 13.0 Å². The Hall–Kier alpha value is -0.725. The maximum Gasteiger partial charge on any atom is 0.126 e. The average molecular weight is 107 g/mol. The lowest BCUT2D eigenvalue weighted by molar-refractivity contribution is 0.394. The van der Waals surface area contributed by atoms with Crippen LogP contribution in [0.2, 0.25) is 0 Å². The Morgan fingerprint density at radius 3 is 2.25 bits per heavy atom. The molecule has 0 saturated carbocycles. The van der Waals surface area contributed by atoms with Gasteiger partial charge < -0.3 is 4.52 Å². The highest BCUT2D eigenvalue weighted by molar-refractivity contribution is 6.33. The molecule has 1 aromatic heterocycles. The number of nitrogens with zero attached hydrogens (tertiary/aromatic N) is 1. The van der Waals surface area contributed by atoms with Crippen molar-refractivity contribution in [2.24, 2.45) is 0 Å². The third kappa shape index (κ3) is 0.640. The zero-order valence-electron chi connectivity index (χ0n) is 4.93. The van der Waals surface area contributed by atoms with Crippen molar-refractivity contribution in [2.45, 2.75) is 13.8 Å². The molecule has 0 aromatic carbocycles. The first-order valence-electron chi connectivity index (χ1n) is 2.40. The van der Waals surface area contributed by atoms with Crippen molar-refractivity contribution in [3.8, 4) is 0 Å². The van der Waals surface area contributed by atoms with Gasteiger partial charge in [-0.25, -0.2) is 0 Å². The molecular weight excluding hydrogens is 101 g/mol. The molecule has 3 heteroatoms. The summed E-state index contributed by atoms with van der Waals surface area (Å²) in [4.78, 5) is 0. The summed E-state index contributed by atoms with van der Waals surface area (Å²) in [7, 11) is 5.45. The molecule has 0 unspecified atom stereocenters. The Labute approximate surface area is 49.3 Å². The average Bonchev–Trinajstić information content (AvgIpc) is 1.98. The molecule has 40 valence electrons. The Bertz CT molecular complexity index is 175. The van der Waals surface area contributed by atoms with E-state index in [4.69, 9.17) is 12.4 Å². The molecule has 0 fully saturated rings. The van der Waals surface area contributed by atoms with Crippen molar-refractivity contribution in [1.82, 2.24) is 5.16 Å². The molecule has 0 saturated heterocycles. The van der Waals surface area contributed by atoms with Crippen LogP contribution in [0.5, 0.6) is 0 Å². The summed E-state index contributed by atoms with van der Waals surface area (Å²) in [6.07, 6.45) is 0. The highest BCUT2D eigenvalue weighted by atomic mass is 16.5. The Kier molecular flexibility index (Phi) is 1.12. The van der Waals surface area contributed by atoms with Crippen molar-refractivity contribution in [1.29, 1.82) is 0 Å². The number of aromatic nitrogens is 1. The van der Waals surface area contributed by atoms with E-state index in [0.29, 0.717) is 11.2 Å². The Morgan fingerprint density at radius 2 is 2.12 bits per heavy atom. The second-order valence-corrected chi connectivity index (χ2v) is 1.74. The molecule has 1 rings (SSSR count). The SMILES string of the molecule is [B]c1c(C)noc1C. The predicted molar refractivity (Wildman–Crippen MR) is 31.4 cm³/mol. The monoisotopic (exact) mass is 107 g/mol. The van der Waals surface area contributed by atoms with E-state index in [1.165, 1.54) is 0 Å². The van der Waals surface area contributed by atoms with E-state index < -0.39 is 0 Å². The fourth-order valence-corrected chi connectivity index (χ4v) is 0.490. The molecule has 0 spiro atoms. The normalized spacial score (nSPS) is 9.75. The third-order valence-corrected chi connectivity index (χ3v) is 1.09. The Morgan fingerprint density at radius 1 is 1.50 bits per heavy atom. The van der Waals surface area contributed by atoms with Crippen molar-refractivity contribution in [3.63, 3.8) is 0 Å². The van der Waals surface area contributed by atoms with Gasteiger partial charge in [-0.1, -0.05) is 5.16 Å². The molecule has 2 radical (unpaired) electrons. The lowest BCUT2D eigenvalue weighted by Gasteiger charge is -1.80. The van der Waals surface area contributed by atoms with Crippen molar-refractivity contribution < 1.29 is 4.52 Å². The molecule has 0 atom stereocenters. The second kappa shape index (κ2) is 1.65. The van der Waals surface area contributed by atoms with E-state index in [9.17, 15) is 0 Å². The van der Waals surface area contributed by atoms with Gasteiger partial charge in [-0.15, -0.1) is 0 Å². The fourth-order valence-electron chi connectivity index (χ4n) is 0.490. The molecule has 8 heavy (non-hydrogen) atoms. The molecule has 0 aliphatic carbocycles. The molecule has 0 aliphatic rings. The number of hydrogen-bond acceptors (Lipinski definition) is 2. The molecular formula is C5H6BNO. The van der Waals surface area contributed by atoms with Gasteiger partial charge in [0.15, 0.2) is 0 Å². The van der Waals surface area contributed by atoms with Crippen LogP contribution in [0.3, 0.4) is 0 Å². The Balaban J connectivity index is 3.19. The minimum absolute atomic E-state index is 0.657. The van der Waals surface area contributed by atoms with Crippen LogP contribution < -0.4 is 5.46 Å². The first-order chi connectivity index (χ1) is 3.72. The van der Waals surface area contributed by atoms with Crippen molar-refractivity contribution in [2.75, 3.05) is 0 Å². The van der Waals surface area contributed by atoms with Gasteiger partial charge in [0.1, 0.15) is 13.6 Å². The first-order valence-corrected chi connectivity index (χ1v) is 2.40. The summed E-state index contributed by atoms with van der Waals surface area (Å²) in [6, 6.07) is 0. The van der Waals surface area contributed by atoms with E-state index in [1.807, 2.05) is 6.92 Å². The molecule has 2 nitrogen and oxygen atoms in total. The molecule has 0 N–H and O–H groups in total. The van der Waals surface area contributed by atoms with Gasteiger partial charge in [-0.05, 0) is 19.3 Å². The highest BCUT2D eigenvalue weighted by Gasteiger charge is 1.99. The third-order valence-electron chi connectivity index (χ3n) is 1.09. The van der Waals surface area contributed by atoms with Crippen LogP contribution in [0.4, 0.5) is 0 Å². The van der Waals surface area contributed by atoms with Crippen LogP contribution in [0.15, 0.2) is 4.52 Å². The van der Waals surface area contributed by atoms with Gasteiger partial charge in [0.25, 0.3) is 0 Å². The zero-order valence-corrected chi connectivity index (χ0v) is 4.93. The number of hydrogen-bond donors (Lipinski definition) is 0. The lowest BCUT2D eigenvalue weighted by Crippen LogP contribution is -2.05. The molecule has 0 amide bonds. The molecule has 0 aliphatic heterocycles. The van der Waals surface area contributed by atoms with Gasteiger partial charge in [0.2, 0.25) is 0 Å². The zero-order chi connectivity index (χ0) is 6.15. The van der Waals surface area contributed by atoms with E-state index in [0.717, 1.165) is 5.69 Å². The predicted octanol–water partition coefficient (Wildman–Crippen LogP) is 0.0852. The van der Waals surface area contributed by atoms with E-state index in [-0.39, 0.29) is 0 Å². The minimum atomic E-state index is 0.657. The van der Waals surface area contributed by atoms with Gasteiger partial charge in [0.05, 0.1) is 5.69 Å². The maximum atomic E-state index is 5.45. The highest BCUT2D eigenvalue weighted by Crippen LogP contribution is 1.92. The smallest absolute Gasteiger partial charge is 0.126 e. The lowest BCUT2D eigenvalue weighted by atomic mass is 9.95. The van der Waals surface area contributed by atoms with Crippen LogP contribution >= 0.6 is 0 Å². The van der Waals surface area contributed by atoms with Crippen LogP contribution in [-0.2, 0) is 0 Å². The number of rotatable bonds is 0. The van der Waals surface area contributed by atoms with Crippen molar-refractivity contribution >= 4 is 13.3 Å². The summed E-state index contributed by atoms with van der Waals surface area (Å²) in [5, 5.41) is 3.62. The summed E-state index contributed by atoms with van der Waals surface area (Å²) in [6.45, 7) is 3.60. The molecule has 0 bridgehead atoms. The van der Waals surface area contributed by atoms with Crippen LogP contribution in [0.1, 0.15) is 11.5 Å². The molecule has 1 heterocycles. The largest absolute Gasteiger partial charge is 0.362 e. The maximum absolute atomic E-state index is 5.45. The van der Waals surface area contributed by atoms with Crippen LogP contribution in [0, 0.1) is 13.8 Å². The van der Waals surface area contributed by atoms with Gasteiger partial charge in [-0.3, -0.25) is 0 Å². The van der Waals surface area contributed by atoms with Gasteiger partial charge in [-0.2, -0.15) is 0 Å². The molecule has 1 aromatic rings. The standard InChI is InChI=1S/C5H6BNO/c1-3-5(6)4(2)8-7-3/h1-2H3. The van der Waals surface area contributed by atoms with Crippen molar-refractivity contribution in [3.05, 3.63) is 11.5 Å². The topological polar surface area (TPSA) is 26.0 Å². The van der Waals surface area contributed by atoms with Gasteiger partial charge >= 0.3 is 0 Å². The van der Waals surface area contributed by atoms with E-state index >= 15 is 0 Å². The van der Waals surface area contributed by atoms with E-state index in [1.54, 1.807) is 6.92 Å². The van der Waals surface area contributed by atoms with E-state index in [2.05, 4.69) is 5.16 Å².